The molecule has 0 spiro atoms. The third-order valence-electron chi connectivity index (χ3n) is 3.22. The Labute approximate surface area is 130 Å². The minimum Gasteiger partial charge on any atom is -0.481 e. The number of hydrogen-bond acceptors (Lipinski definition) is 2. The van der Waals surface area contributed by atoms with E-state index in [1.54, 1.807) is 6.07 Å². The maximum atomic E-state index is 10.7. The van der Waals surface area contributed by atoms with Crippen LogP contribution < -0.4 is 4.74 Å². The van der Waals surface area contributed by atoms with E-state index >= 15 is 0 Å². The molecule has 0 unspecified atom stereocenters. The smallest absolute Gasteiger partial charge is 0.309 e. The summed E-state index contributed by atoms with van der Waals surface area (Å²) in [7, 11) is 0. The highest BCUT2D eigenvalue weighted by Crippen LogP contribution is 2.35. The lowest BCUT2D eigenvalue weighted by atomic mass is 9.97. The summed E-state index contributed by atoms with van der Waals surface area (Å²) in [6.45, 7) is 8.81. The van der Waals surface area contributed by atoms with Crippen molar-refractivity contribution >= 4 is 11.5 Å². The Kier molecular flexibility index (Phi) is 5.04. The van der Waals surface area contributed by atoms with E-state index in [0.29, 0.717) is 18.2 Å². The lowest BCUT2D eigenvalue weighted by Crippen LogP contribution is -2.01. The van der Waals surface area contributed by atoms with Crippen molar-refractivity contribution in [2.45, 2.75) is 33.3 Å². The molecule has 4 heteroatoms. The fourth-order valence-corrected chi connectivity index (χ4v) is 2.32. The van der Waals surface area contributed by atoms with E-state index in [9.17, 15) is 4.79 Å². The van der Waals surface area contributed by atoms with Crippen LogP contribution >= 0.6 is 0 Å². The topological polar surface area (TPSA) is 62.3 Å². The Morgan fingerprint density at radius 2 is 2.00 bits per heavy atom. The number of carboxylic acid groups (broad SMARTS) is 1. The highest BCUT2D eigenvalue weighted by molar-refractivity contribution is 5.83. The van der Waals surface area contributed by atoms with Crippen molar-refractivity contribution in [1.82, 2.24) is 4.98 Å². The van der Waals surface area contributed by atoms with Crippen molar-refractivity contribution in [2.24, 2.45) is 0 Å². The molecule has 0 saturated heterocycles. The van der Waals surface area contributed by atoms with Gasteiger partial charge in [0.25, 0.3) is 0 Å². The summed E-state index contributed by atoms with van der Waals surface area (Å²) in [4.78, 5) is 13.8. The van der Waals surface area contributed by atoms with Crippen LogP contribution in [0.4, 0.5) is 0 Å². The summed E-state index contributed by atoms with van der Waals surface area (Å²) >= 11 is 0. The SMILES string of the molecule is C=C1c2ccccc2COc2[nH]c(CC(=O)O)cc21.CCC. The van der Waals surface area contributed by atoms with E-state index in [1.807, 2.05) is 24.3 Å². The summed E-state index contributed by atoms with van der Waals surface area (Å²) in [5, 5.41) is 8.82. The van der Waals surface area contributed by atoms with Gasteiger partial charge in [-0.3, -0.25) is 4.79 Å². The van der Waals surface area contributed by atoms with Crippen LogP contribution in [0.15, 0.2) is 36.9 Å². The monoisotopic (exact) mass is 299 g/mol. The molecule has 4 nitrogen and oxygen atoms in total. The minimum atomic E-state index is -0.873. The van der Waals surface area contributed by atoms with Crippen LogP contribution in [0.3, 0.4) is 0 Å². The van der Waals surface area contributed by atoms with Gasteiger partial charge in [-0.05, 0) is 22.8 Å². The molecule has 2 N–H and O–H groups in total. The number of rotatable bonds is 2. The third-order valence-corrected chi connectivity index (χ3v) is 3.22. The Hall–Kier alpha value is -2.49. The number of aliphatic carboxylic acids is 1. The minimum absolute atomic E-state index is 0.0503. The van der Waals surface area contributed by atoms with Crippen LogP contribution in [-0.2, 0) is 17.8 Å². The summed E-state index contributed by atoms with van der Waals surface area (Å²) in [5.74, 6) is -0.278. The molecule has 0 bridgehead atoms. The third kappa shape index (κ3) is 3.39. The van der Waals surface area contributed by atoms with E-state index in [-0.39, 0.29) is 6.42 Å². The van der Waals surface area contributed by atoms with Crippen molar-refractivity contribution in [2.75, 3.05) is 0 Å². The van der Waals surface area contributed by atoms with Crippen LogP contribution in [0.5, 0.6) is 5.88 Å². The van der Waals surface area contributed by atoms with Crippen LogP contribution in [0.2, 0.25) is 0 Å². The van der Waals surface area contributed by atoms with Gasteiger partial charge in [0, 0.05) is 11.3 Å². The normalized spacial score (nSPS) is 12.2. The standard InChI is InChI=1S/C15H13NO3.C3H8/c1-9-12-5-3-2-4-10(12)8-19-15-13(9)6-11(16-15)7-14(17)18;1-3-2/h2-6,16H,1,7-8H2,(H,17,18);3H2,1-2H3. The van der Waals surface area contributed by atoms with Gasteiger partial charge in [-0.2, -0.15) is 0 Å². The molecule has 1 aliphatic rings. The number of hydrogen-bond donors (Lipinski definition) is 2. The summed E-state index contributed by atoms with van der Waals surface area (Å²) in [6, 6.07) is 9.73. The van der Waals surface area contributed by atoms with Crippen LogP contribution in [0, 0.1) is 0 Å². The number of ether oxygens (including phenoxy) is 1. The predicted molar refractivity (Wildman–Crippen MR) is 87.0 cm³/mol. The molecule has 3 rings (SSSR count). The number of carboxylic acids is 1. The Morgan fingerprint density at radius 1 is 1.32 bits per heavy atom. The first kappa shape index (κ1) is 15.9. The molecule has 22 heavy (non-hydrogen) atoms. The maximum Gasteiger partial charge on any atom is 0.309 e. The second kappa shape index (κ2) is 6.98. The molecule has 2 aromatic rings. The van der Waals surface area contributed by atoms with Gasteiger partial charge in [0.1, 0.15) is 6.61 Å². The Balaban J connectivity index is 0.000000545. The van der Waals surface area contributed by atoms with Gasteiger partial charge in [-0.25, -0.2) is 0 Å². The van der Waals surface area contributed by atoms with E-state index in [2.05, 4.69) is 25.4 Å². The van der Waals surface area contributed by atoms with Crippen molar-refractivity contribution in [3.8, 4) is 5.88 Å². The zero-order valence-electron chi connectivity index (χ0n) is 13.0. The molecule has 116 valence electrons. The molecule has 1 aliphatic heterocycles. The van der Waals surface area contributed by atoms with E-state index in [0.717, 1.165) is 22.3 Å². The zero-order valence-corrected chi connectivity index (χ0v) is 13.0. The molecule has 2 heterocycles. The molecular formula is C18H21NO3. The lowest BCUT2D eigenvalue weighted by Gasteiger charge is -2.05. The highest BCUT2D eigenvalue weighted by Gasteiger charge is 2.20. The summed E-state index contributed by atoms with van der Waals surface area (Å²) in [6.07, 6.45) is 1.20. The van der Waals surface area contributed by atoms with Crippen molar-refractivity contribution in [3.63, 3.8) is 0 Å². The van der Waals surface area contributed by atoms with Crippen molar-refractivity contribution in [3.05, 3.63) is 59.3 Å². The van der Waals surface area contributed by atoms with E-state index in [1.165, 1.54) is 6.42 Å². The first-order valence-electron chi connectivity index (χ1n) is 7.40. The number of fused-ring (bicyclic) bond motifs is 2. The Bertz CT molecular complexity index is 685. The fourth-order valence-electron chi connectivity index (χ4n) is 2.32. The molecule has 0 fully saturated rings. The largest absolute Gasteiger partial charge is 0.481 e. The number of nitrogens with one attached hydrogen (secondary N) is 1. The second-order valence-corrected chi connectivity index (χ2v) is 5.24. The highest BCUT2D eigenvalue weighted by atomic mass is 16.5. The Morgan fingerprint density at radius 3 is 2.68 bits per heavy atom. The number of aromatic nitrogens is 1. The molecule has 0 atom stereocenters. The van der Waals surface area contributed by atoms with Gasteiger partial charge in [0.2, 0.25) is 0 Å². The fraction of sp³-hybridized carbons (Fsp3) is 0.278. The summed E-state index contributed by atoms with van der Waals surface area (Å²) in [5.41, 5.74) is 4.44. The predicted octanol–water partition coefficient (Wildman–Crippen LogP) is 4.01. The number of H-pyrrole nitrogens is 1. The van der Waals surface area contributed by atoms with E-state index in [4.69, 9.17) is 9.84 Å². The number of aromatic amines is 1. The van der Waals surface area contributed by atoms with Crippen molar-refractivity contribution < 1.29 is 14.6 Å². The molecular weight excluding hydrogens is 278 g/mol. The van der Waals surface area contributed by atoms with Crippen molar-refractivity contribution in [1.29, 1.82) is 0 Å². The van der Waals surface area contributed by atoms with Crippen LogP contribution in [-0.4, -0.2) is 16.1 Å². The number of benzene rings is 1. The molecule has 0 saturated carbocycles. The first-order chi connectivity index (χ1) is 10.6. The van der Waals surface area contributed by atoms with Crippen LogP contribution in [0.25, 0.3) is 5.57 Å². The average Bonchev–Trinajstić information content (AvgIpc) is 2.82. The number of carbonyl (C=O) groups is 1. The molecule has 0 amide bonds. The average molecular weight is 299 g/mol. The maximum absolute atomic E-state index is 10.7. The van der Waals surface area contributed by atoms with Crippen LogP contribution in [0.1, 0.15) is 42.7 Å². The zero-order chi connectivity index (χ0) is 16.1. The van der Waals surface area contributed by atoms with Gasteiger partial charge < -0.3 is 14.8 Å². The van der Waals surface area contributed by atoms with Gasteiger partial charge in [0.15, 0.2) is 5.88 Å². The molecule has 1 aromatic carbocycles. The second-order valence-electron chi connectivity index (χ2n) is 5.24. The van der Waals surface area contributed by atoms with Gasteiger partial charge >= 0.3 is 5.97 Å². The first-order valence-corrected chi connectivity index (χ1v) is 7.40. The van der Waals surface area contributed by atoms with Gasteiger partial charge in [-0.15, -0.1) is 0 Å². The lowest BCUT2D eigenvalue weighted by molar-refractivity contribution is -0.136. The van der Waals surface area contributed by atoms with Gasteiger partial charge in [-0.1, -0.05) is 51.1 Å². The van der Waals surface area contributed by atoms with Gasteiger partial charge in [0.05, 0.1) is 6.42 Å². The molecule has 0 radical (unpaired) electrons. The summed E-state index contributed by atoms with van der Waals surface area (Å²) < 4.78 is 5.70. The molecule has 1 aromatic heterocycles. The van der Waals surface area contributed by atoms with E-state index < -0.39 is 5.97 Å². The quantitative estimate of drug-likeness (QED) is 0.880. The molecule has 0 aliphatic carbocycles.